The van der Waals surface area contributed by atoms with Crippen molar-refractivity contribution < 1.29 is 4.79 Å². The van der Waals surface area contributed by atoms with Crippen LogP contribution in [-0.2, 0) is 12.0 Å². The molecule has 0 radical (unpaired) electrons. The topological polar surface area (TPSA) is 64.0 Å². The van der Waals surface area contributed by atoms with Gasteiger partial charge in [-0.2, -0.15) is 0 Å². The smallest absolute Gasteiger partial charge is 0.266 e. The average Bonchev–Trinajstić information content (AvgIpc) is 3.08. The van der Waals surface area contributed by atoms with Gasteiger partial charge in [0.15, 0.2) is 0 Å². The maximum absolute atomic E-state index is 13.1. The van der Waals surface area contributed by atoms with Gasteiger partial charge in [-0.05, 0) is 41.2 Å². The third-order valence-corrected chi connectivity index (χ3v) is 6.53. The molecule has 158 valence electrons. The molecule has 6 heteroatoms. The number of carbonyl (C=O) groups is 1. The highest BCUT2D eigenvalue weighted by Gasteiger charge is 2.20. The van der Waals surface area contributed by atoms with Gasteiger partial charge in [-0.1, -0.05) is 63.2 Å². The molecule has 0 spiro atoms. The van der Waals surface area contributed by atoms with Crippen molar-refractivity contribution in [1.82, 2.24) is 9.55 Å². The summed E-state index contributed by atoms with van der Waals surface area (Å²) in [5, 5.41) is 3.46. The number of benzene rings is 2. The lowest BCUT2D eigenvalue weighted by Crippen LogP contribution is -2.21. The van der Waals surface area contributed by atoms with Crippen molar-refractivity contribution in [3.8, 4) is 0 Å². The van der Waals surface area contributed by atoms with Gasteiger partial charge in [-0.15, -0.1) is 11.3 Å². The first kappa shape index (κ1) is 21.0. The minimum absolute atomic E-state index is 0.0515. The fourth-order valence-electron chi connectivity index (χ4n) is 3.51. The summed E-state index contributed by atoms with van der Waals surface area (Å²) in [7, 11) is 0. The third-order valence-electron chi connectivity index (χ3n) is 5.33. The first-order chi connectivity index (χ1) is 14.7. The second-order valence-corrected chi connectivity index (χ2v) is 9.68. The Labute approximate surface area is 185 Å². The summed E-state index contributed by atoms with van der Waals surface area (Å²) in [4.78, 5) is 31.6. The molecule has 0 saturated heterocycles. The normalized spacial score (nSPS) is 11.6. The summed E-state index contributed by atoms with van der Waals surface area (Å²) in [6, 6.07) is 17.6. The molecule has 2 heterocycles. The molecule has 5 nitrogen and oxygen atoms in total. The second-order valence-electron chi connectivity index (χ2n) is 8.68. The number of amides is 1. The number of aromatic nitrogens is 2. The Morgan fingerprint density at radius 3 is 2.39 bits per heavy atom. The summed E-state index contributed by atoms with van der Waals surface area (Å²) in [6.07, 6.45) is 1.56. The summed E-state index contributed by atoms with van der Waals surface area (Å²) in [5.74, 6) is -0.224. The van der Waals surface area contributed by atoms with Crippen LogP contribution in [-0.4, -0.2) is 15.5 Å². The van der Waals surface area contributed by atoms with Gasteiger partial charge in [0.1, 0.15) is 4.83 Å². The Kier molecular flexibility index (Phi) is 5.50. The molecule has 0 unspecified atom stereocenters. The van der Waals surface area contributed by atoms with Crippen LogP contribution in [0.2, 0.25) is 0 Å². The monoisotopic (exact) mass is 431 g/mol. The number of fused-ring (bicyclic) bond motifs is 1. The van der Waals surface area contributed by atoms with Crippen LogP contribution in [0.1, 0.15) is 47.1 Å². The van der Waals surface area contributed by atoms with Crippen LogP contribution in [0.25, 0.3) is 10.2 Å². The lowest BCUT2D eigenvalue weighted by molar-refractivity contribution is 0.103. The van der Waals surface area contributed by atoms with E-state index in [2.05, 4.69) is 31.1 Å². The predicted octanol–water partition coefficient (Wildman–Crippen LogP) is 5.36. The second kappa shape index (κ2) is 8.12. The Bertz CT molecular complexity index is 1300. The van der Waals surface area contributed by atoms with Crippen LogP contribution in [0.15, 0.2) is 65.7 Å². The number of hydrogen-bond donors (Lipinski definition) is 1. The predicted molar refractivity (Wildman–Crippen MR) is 127 cm³/mol. The Morgan fingerprint density at radius 1 is 1.06 bits per heavy atom. The van der Waals surface area contributed by atoms with Gasteiger partial charge >= 0.3 is 0 Å². The number of hydrogen-bond acceptors (Lipinski definition) is 4. The van der Waals surface area contributed by atoms with Crippen molar-refractivity contribution in [2.24, 2.45) is 0 Å². The largest absolute Gasteiger partial charge is 0.321 e. The molecule has 1 N–H and O–H groups in total. The summed E-state index contributed by atoms with van der Waals surface area (Å²) < 4.78 is 1.59. The molecule has 2 aromatic heterocycles. The molecule has 4 rings (SSSR count). The van der Waals surface area contributed by atoms with E-state index in [1.54, 1.807) is 10.9 Å². The zero-order valence-corrected chi connectivity index (χ0v) is 18.9. The van der Waals surface area contributed by atoms with Crippen LogP contribution in [0.3, 0.4) is 0 Å². The number of aryl methyl sites for hydroxylation is 1. The van der Waals surface area contributed by atoms with Crippen molar-refractivity contribution in [3.63, 3.8) is 0 Å². The number of thiophene rings is 1. The highest BCUT2D eigenvalue weighted by atomic mass is 32.1. The van der Waals surface area contributed by atoms with Crippen molar-refractivity contribution in [2.45, 2.75) is 39.7 Å². The van der Waals surface area contributed by atoms with E-state index >= 15 is 0 Å². The van der Waals surface area contributed by atoms with Crippen LogP contribution in [0.4, 0.5) is 5.69 Å². The van der Waals surface area contributed by atoms with E-state index in [0.717, 1.165) is 11.3 Å². The highest BCUT2D eigenvalue weighted by molar-refractivity contribution is 7.20. The average molecular weight is 432 g/mol. The number of nitrogens with one attached hydrogen (secondary N) is 1. The molecule has 1 amide bonds. The van der Waals surface area contributed by atoms with Crippen LogP contribution >= 0.6 is 11.3 Å². The van der Waals surface area contributed by atoms with Crippen molar-refractivity contribution in [2.75, 3.05) is 5.32 Å². The number of rotatable bonds is 4. The molecule has 0 atom stereocenters. The van der Waals surface area contributed by atoms with Crippen LogP contribution in [0, 0.1) is 6.92 Å². The quantitative estimate of drug-likeness (QED) is 0.473. The van der Waals surface area contributed by atoms with E-state index in [4.69, 9.17) is 0 Å². The van der Waals surface area contributed by atoms with E-state index in [1.807, 2.05) is 61.5 Å². The number of nitrogens with zero attached hydrogens (tertiary/aromatic N) is 2. The molecule has 0 fully saturated rings. The lowest BCUT2D eigenvalue weighted by Gasteiger charge is -2.19. The molecular weight excluding hydrogens is 406 g/mol. The maximum Gasteiger partial charge on any atom is 0.266 e. The number of anilines is 1. The first-order valence-corrected chi connectivity index (χ1v) is 11.0. The maximum atomic E-state index is 13.1. The lowest BCUT2D eigenvalue weighted by atomic mass is 9.87. The van der Waals surface area contributed by atoms with Gasteiger partial charge in [-0.3, -0.25) is 14.2 Å². The van der Waals surface area contributed by atoms with Gasteiger partial charge in [0, 0.05) is 5.69 Å². The Morgan fingerprint density at radius 2 is 1.74 bits per heavy atom. The molecule has 31 heavy (non-hydrogen) atoms. The van der Waals surface area contributed by atoms with Crippen molar-refractivity contribution >= 4 is 33.1 Å². The summed E-state index contributed by atoms with van der Waals surface area (Å²) >= 11 is 1.25. The zero-order valence-electron chi connectivity index (χ0n) is 18.1. The third kappa shape index (κ3) is 4.30. The molecule has 0 bridgehead atoms. The Hall–Kier alpha value is -3.25. The first-order valence-electron chi connectivity index (χ1n) is 10.2. The fourth-order valence-corrected chi connectivity index (χ4v) is 4.54. The number of carbonyl (C=O) groups excluding carboxylic acids is 1. The van der Waals surface area contributed by atoms with Crippen molar-refractivity contribution in [3.05, 3.63) is 92.8 Å². The van der Waals surface area contributed by atoms with Gasteiger partial charge in [0.25, 0.3) is 11.5 Å². The van der Waals surface area contributed by atoms with Crippen molar-refractivity contribution in [1.29, 1.82) is 0 Å². The van der Waals surface area contributed by atoms with Gasteiger partial charge < -0.3 is 5.32 Å². The van der Waals surface area contributed by atoms with E-state index in [-0.39, 0.29) is 16.9 Å². The molecule has 0 aliphatic carbocycles. The molecule has 0 aliphatic heterocycles. The van der Waals surface area contributed by atoms with E-state index in [1.165, 1.54) is 16.9 Å². The molecule has 2 aromatic carbocycles. The minimum Gasteiger partial charge on any atom is -0.321 e. The summed E-state index contributed by atoms with van der Waals surface area (Å²) in [5.41, 5.74) is 3.54. The van der Waals surface area contributed by atoms with Gasteiger partial charge in [0.05, 0.1) is 23.1 Å². The molecule has 0 saturated carbocycles. The molecule has 0 aliphatic rings. The van der Waals surface area contributed by atoms with Gasteiger partial charge in [-0.25, -0.2) is 4.98 Å². The van der Waals surface area contributed by atoms with Crippen LogP contribution in [0.5, 0.6) is 0 Å². The van der Waals surface area contributed by atoms with E-state index in [9.17, 15) is 9.59 Å². The Balaban J connectivity index is 1.62. The zero-order chi connectivity index (χ0) is 22.2. The standard InChI is InChI=1S/C25H25N3O2S/c1-16-20-23(26-15-28(24(20)30)14-17-8-6-5-7-9-17)31-21(16)22(29)27-19-12-10-18(11-13-19)25(2,3)4/h5-13,15H,14H2,1-4H3,(H,27,29). The molecule has 4 aromatic rings. The van der Waals surface area contributed by atoms with Crippen LogP contribution < -0.4 is 10.9 Å². The SMILES string of the molecule is Cc1c(C(=O)Nc2ccc(C(C)(C)C)cc2)sc2ncn(Cc3ccccc3)c(=O)c12. The van der Waals surface area contributed by atoms with E-state index in [0.29, 0.717) is 27.2 Å². The minimum atomic E-state index is -0.224. The van der Waals surface area contributed by atoms with E-state index < -0.39 is 0 Å². The highest BCUT2D eigenvalue weighted by Crippen LogP contribution is 2.28. The summed E-state index contributed by atoms with van der Waals surface area (Å²) in [6.45, 7) is 8.71. The fraction of sp³-hybridized carbons (Fsp3) is 0.240. The van der Waals surface area contributed by atoms with Gasteiger partial charge in [0.2, 0.25) is 0 Å². The molecular formula is C25H25N3O2S.